The number of amides is 1. The first-order valence-corrected chi connectivity index (χ1v) is 9.34. The third kappa shape index (κ3) is 2.87. The third-order valence-corrected chi connectivity index (χ3v) is 5.06. The number of rotatable bonds is 3. The summed E-state index contributed by atoms with van der Waals surface area (Å²) in [7, 11) is 0. The second-order valence-corrected chi connectivity index (χ2v) is 6.88. The number of hydrogen-bond donors (Lipinski definition) is 0. The van der Waals surface area contributed by atoms with Crippen LogP contribution in [0.3, 0.4) is 0 Å². The van der Waals surface area contributed by atoms with Crippen LogP contribution in [0, 0.1) is 0 Å². The number of hydrogen-bond acceptors (Lipinski definition) is 2. The van der Waals surface area contributed by atoms with Gasteiger partial charge in [0.1, 0.15) is 0 Å². The quantitative estimate of drug-likeness (QED) is 0.464. The van der Waals surface area contributed by atoms with E-state index in [4.69, 9.17) is 5.10 Å². The van der Waals surface area contributed by atoms with Gasteiger partial charge in [-0.3, -0.25) is 4.79 Å². The van der Waals surface area contributed by atoms with Crippen LogP contribution in [0.4, 0.5) is 5.69 Å². The van der Waals surface area contributed by atoms with Crippen LogP contribution in [0.5, 0.6) is 0 Å². The van der Waals surface area contributed by atoms with Crippen molar-refractivity contribution in [1.82, 2.24) is 0 Å². The van der Waals surface area contributed by atoms with E-state index in [-0.39, 0.29) is 5.91 Å². The summed E-state index contributed by atoms with van der Waals surface area (Å²) in [6, 6.07) is 32.5. The zero-order valence-corrected chi connectivity index (χ0v) is 15.2. The first kappa shape index (κ1) is 16.5. The molecule has 3 heteroatoms. The van der Waals surface area contributed by atoms with E-state index in [1.165, 1.54) is 0 Å². The van der Waals surface area contributed by atoms with Crippen molar-refractivity contribution in [3.63, 3.8) is 0 Å². The van der Waals surface area contributed by atoms with E-state index in [2.05, 4.69) is 30.3 Å². The Kier molecular flexibility index (Phi) is 3.99. The van der Waals surface area contributed by atoms with Gasteiger partial charge in [0.2, 0.25) is 0 Å². The maximum atomic E-state index is 12.9. The van der Waals surface area contributed by atoms with E-state index < -0.39 is 0 Å². The smallest absolute Gasteiger partial charge is 0.253 e. The molecule has 0 aliphatic carbocycles. The van der Waals surface area contributed by atoms with Gasteiger partial charge in [0.25, 0.3) is 5.91 Å². The molecule has 3 nitrogen and oxygen atoms in total. The van der Waals surface area contributed by atoms with Crippen molar-refractivity contribution in [2.45, 2.75) is 6.42 Å². The average molecular weight is 362 g/mol. The van der Waals surface area contributed by atoms with Gasteiger partial charge in [-0.2, -0.15) is 10.1 Å². The molecular formula is C25H18N2O. The summed E-state index contributed by atoms with van der Waals surface area (Å²) in [5, 5.41) is 8.38. The van der Waals surface area contributed by atoms with Crippen molar-refractivity contribution < 1.29 is 4.79 Å². The molecule has 0 N–H and O–H groups in total. The second kappa shape index (κ2) is 6.78. The zero-order chi connectivity index (χ0) is 18.9. The highest BCUT2D eigenvalue weighted by Gasteiger charge is 2.27. The van der Waals surface area contributed by atoms with Crippen molar-refractivity contribution in [2.24, 2.45) is 5.10 Å². The van der Waals surface area contributed by atoms with Gasteiger partial charge in [0.15, 0.2) is 0 Å². The van der Waals surface area contributed by atoms with Crippen molar-refractivity contribution >= 4 is 28.1 Å². The van der Waals surface area contributed by atoms with E-state index in [1.807, 2.05) is 66.7 Å². The fourth-order valence-corrected chi connectivity index (χ4v) is 3.67. The van der Waals surface area contributed by atoms with Crippen LogP contribution in [0.2, 0.25) is 0 Å². The maximum absolute atomic E-state index is 12.9. The van der Waals surface area contributed by atoms with Crippen molar-refractivity contribution in [3.05, 3.63) is 103 Å². The van der Waals surface area contributed by atoms with E-state index >= 15 is 0 Å². The molecule has 0 spiro atoms. The number of carbonyl (C=O) groups excluding carboxylic acids is 1. The molecule has 4 aromatic carbocycles. The normalized spacial score (nSPS) is 13.8. The molecule has 0 aromatic heterocycles. The molecule has 4 aromatic rings. The van der Waals surface area contributed by atoms with Gasteiger partial charge in [-0.05, 0) is 34.2 Å². The van der Waals surface area contributed by atoms with Crippen LogP contribution in [0.25, 0.3) is 21.9 Å². The number of anilines is 1. The third-order valence-electron chi connectivity index (χ3n) is 5.06. The SMILES string of the molecule is O=C1CC(c2ccccc2)=NN1c1cc(-c2ccccc2)cc2ccccc12. The number of hydrazone groups is 1. The molecule has 1 aliphatic rings. The summed E-state index contributed by atoms with van der Waals surface area (Å²) in [5.41, 5.74) is 4.81. The van der Waals surface area contributed by atoms with Gasteiger partial charge < -0.3 is 0 Å². The van der Waals surface area contributed by atoms with Gasteiger partial charge in [0.05, 0.1) is 17.8 Å². The van der Waals surface area contributed by atoms with Gasteiger partial charge >= 0.3 is 0 Å². The molecule has 0 bridgehead atoms. The molecule has 1 heterocycles. The minimum absolute atomic E-state index is 0.00535. The Hall–Kier alpha value is -3.72. The molecule has 1 aliphatic heterocycles. The number of nitrogens with zero attached hydrogens (tertiary/aromatic N) is 2. The van der Waals surface area contributed by atoms with Gasteiger partial charge in [0, 0.05) is 5.39 Å². The van der Waals surface area contributed by atoms with E-state index in [9.17, 15) is 4.79 Å². The van der Waals surface area contributed by atoms with E-state index in [0.717, 1.165) is 38.9 Å². The Labute approximate surface area is 163 Å². The van der Waals surface area contributed by atoms with Gasteiger partial charge in [-0.25, -0.2) is 0 Å². The summed E-state index contributed by atoms with van der Waals surface area (Å²) in [6.07, 6.45) is 0.313. The first-order valence-electron chi connectivity index (χ1n) is 9.34. The summed E-state index contributed by atoms with van der Waals surface area (Å²) in [6.45, 7) is 0. The number of carbonyl (C=O) groups is 1. The summed E-state index contributed by atoms with van der Waals surface area (Å²) in [5.74, 6) is -0.00535. The fourth-order valence-electron chi connectivity index (χ4n) is 3.67. The lowest BCUT2D eigenvalue weighted by molar-refractivity contribution is -0.116. The van der Waals surface area contributed by atoms with Crippen LogP contribution in [0.1, 0.15) is 12.0 Å². The molecule has 0 radical (unpaired) electrons. The van der Waals surface area contributed by atoms with Crippen LogP contribution in [-0.4, -0.2) is 11.6 Å². The largest absolute Gasteiger partial charge is 0.272 e. The predicted molar refractivity (Wildman–Crippen MR) is 114 cm³/mol. The van der Waals surface area contributed by atoms with Crippen LogP contribution >= 0.6 is 0 Å². The fraction of sp³-hybridized carbons (Fsp3) is 0.0400. The standard InChI is InChI=1S/C25H18N2O/c28-25-17-23(19-11-5-2-6-12-19)26-27(25)24-16-21(18-9-3-1-4-10-18)15-20-13-7-8-14-22(20)24/h1-16H,17H2. The average Bonchev–Trinajstić information content (AvgIpc) is 3.15. The van der Waals surface area contributed by atoms with Gasteiger partial charge in [-0.1, -0.05) is 84.9 Å². The highest BCUT2D eigenvalue weighted by molar-refractivity contribution is 6.21. The highest BCUT2D eigenvalue weighted by atomic mass is 16.2. The Morgan fingerprint density at radius 3 is 2.07 bits per heavy atom. The first-order chi connectivity index (χ1) is 13.8. The molecule has 0 atom stereocenters. The van der Waals surface area contributed by atoms with Crippen molar-refractivity contribution in [3.8, 4) is 11.1 Å². The summed E-state index contributed by atoms with van der Waals surface area (Å²) >= 11 is 0. The van der Waals surface area contributed by atoms with E-state index in [0.29, 0.717) is 6.42 Å². The summed E-state index contributed by atoms with van der Waals surface area (Å²) in [4.78, 5) is 12.9. The lowest BCUT2D eigenvalue weighted by Gasteiger charge is -2.17. The monoisotopic (exact) mass is 362 g/mol. The summed E-state index contributed by atoms with van der Waals surface area (Å²) < 4.78 is 0. The van der Waals surface area contributed by atoms with Crippen LogP contribution in [-0.2, 0) is 4.79 Å². The Bertz CT molecular complexity index is 1200. The molecule has 1 amide bonds. The molecule has 0 unspecified atom stereocenters. The molecule has 0 saturated heterocycles. The molecule has 0 saturated carbocycles. The van der Waals surface area contributed by atoms with Crippen LogP contribution < -0.4 is 5.01 Å². The predicted octanol–water partition coefficient (Wildman–Crippen LogP) is 5.65. The Morgan fingerprint density at radius 2 is 1.32 bits per heavy atom. The van der Waals surface area contributed by atoms with E-state index in [1.54, 1.807) is 5.01 Å². The van der Waals surface area contributed by atoms with Crippen LogP contribution in [0.15, 0.2) is 102 Å². The minimum Gasteiger partial charge on any atom is -0.272 e. The minimum atomic E-state index is -0.00535. The molecule has 5 rings (SSSR count). The topological polar surface area (TPSA) is 32.7 Å². The van der Waals surface area contributed by atoms with Crippen molar-refractivity contribution in [1.29, 1.82) is 0 Å². The Balaban J connectivity index is 1.68. The number of fused-ring (bicyclic) bond motifs is 1. The lowest BCUT2D eigenvalue weighted by atomic mass is 9.99. The highest BCUT2D eigenvalue weighted by Crippen LogP contribution is 2.35. The molecule has 28 heavy (non-hydrogen) atoms. The second-order valence-electron chi connectivity index (χ2n) is 6.88. The number of benzene rings is 4. The Morgan fingerprint density at radius 1 is 0.679 bits per heavy atom. The van der Waals surface area contributed by atoms with Gasteiger partial charge in [-0.15, -0.1) is 0 Å². The maximum Gasteiger partial charge on any atom is 0.253 e. The van der Waals surface area contributed by atoms with Crippen molar-refractivity contribution in [2.75, 3.05) is 5.01 Å². The molecule has 0 fully saturated rings. The molecule has 134 valence electrons. The molecular weight excluding hydrogens is 344 g/mol. The zero-order valence-electron chi connectivity index (χ0n) is 15.2. The lowest BCUT2D eigenvalue weighted by Crippen LogP contribution is -2.19.